The van der Waals surface area contributed by atoms with Gasteiger partial charge in [-0.3, -0.25) is 0 Å². The molecule has 0 saturated heterocycles. The third kappa shape index (κ3) is 13.2. The van der Waals surface area contributed by atoms with Gasteiger partial charge in [-0.25, -0.2) is 0 Å². The molecular formula is C19H32. The summed E-state index contributed by atoms with van der Waals surface area (Å²) in [4.78, 5) is 0. The molecule has 0 aliphatic heterocycles. The molecule has 0 spiro atoms. The zero-order chi connectivity index (χ0) is 14.3. The van der Waals surface area contributed by atoms with Crippen molar-refractivity contribution in [3.05, 3.63) is 48.1 Å². The van der Waals surface area contributed by atoms with E-state index in [-0.39, 0.29) is 0 Å². The Balaban J connectivity index is 3.59. The second-order valence-electron chi connectivity index (χ2n) is 5.28. The predicted molar refractivity (Wildman–Crippen MR) is 89.5 cm³/mol. The Labute approximate surface area is 121 Å². The van der Waals surface area contributed by atoms with Crippen molar-refractivity contribution >= 4 is 0 Å². The maximum absolute atomic E-state index is 3.74. The van der Waals surface area contributed by atoms with Gasteiger partial charge >= 0.3 is 0 Å². The third-order valence-corrected chi connectivity index (χ3v) is 3.34. The van der Waals surface area contributed by atoms with Crippen LogP contribution in [0.25, 0.3) is 0 Å². The number of hydrogen-bond donors (Lipinski definition) is 0. The van der Waals surface area contributed by atoms with Gasteiger partial charge in [0.2, 0.25) is 0 Å². The van der Waals surface area contributed by atoms with Crippen LogP contribution in [0.5, 0.6) is 0 Å². The monoisotopic (exact) mass is 260 g/mol. The standard InChI is InChI=1S/C19H32/c1-5-7-8-12-16-19(4)17-14-11-9-10-13-15-18(3)6-2/h5,11,14-16H,1,6-10,12-13,17H2,2-4H3. The normalized spacial score (nSPS) is 13.2. The second kappa shape index (κ2) is 13.4. The van der Waals surface area contributed by atoms with Crippen LogP contribution in [0.15, 0.2) is 48.1 Å². The van der Waals surface area contributed by atoms with Crippen LogP contribution in [0.2, 0.25) is 0 Å². The van der Waals surface area contributed by atoms with Crippen LogP contribution in [0.4, 0.5) is 0 Å². The molecule has 0 fully saturated rings. The van der Waals surface area contributed by atoms with E-state index in [1.54, 1.807) is 0 Å². The fourth-order valence-electron chi connectivity index (χ4n) is 1.81. The zero-order valence-electron chi connectivity index (χ0n) is 13.3. The van der Waals surface area contributed by atoms with Crippen LogP contribution in [0.1, 0.15) is 72.1 Å². The fourth-order valence-corrected chi connectivity index (χ4v) is 1.81. The molecule has 108 valence electrons. The molecule has 0 aliphatic rings. The summed E-state index contributed by atoms with van der Waals surface area (Å²) in [6, 6.07) is 0. The SMILES string of the molecule is C=CCCCC=C(C)CC=CCCCC=C(C)CC. The summed E-state index contributed by atoms with van der Waals surface area (Å²) < 4.78 is 0. The van der Waals surface area contributed by atoms with Crippen LogP contribution in [0.3, 0.4) is 0 Å². The van der Waals surface area contributed by atoms with E-state index >= 15 is 0 Å². The molecule has 0 atom stereocenters. The predicted octanol–water partition coefficient (Wildman–Crippen LogP) is 6.76. The van der Waals surface area contributed by atoms with Crippen molar-refractivity contribution in [2.75, 3.05) is 0 Å². The number of allylic oxidation sites excluding steroid dienone is 7. The van der Waals surface area contributed by atoms with Crippen molar-refractivity contribution in [2.45, 2.75) is 72.1 Å². The highest BCUT2D eigenvalue weighted by Gasteiger charge is 1.87. The molecule has 0 bridgehead atoms. The van der Waals surface area contributed by atoms with E-state index in [9.17, 15) is 0 Å². The molecule has 0 saturated carbocycles. The molecule has 0 radical (unpaired) electrons. The summed E-state index contributed by atoms with van der Waals surface area (Å²) in [6.45, 7) is 10.4. The molecule has 0 aromatic heterocycles. The second-order valence-corrected chi connectivity index (χ2v) is 5.28. The topological polar surface area (TPSA) is 0 Å². The maximum atomic E-state index is 3.74. The zero-order valence-corrected chi connectivity index (χ0v) is 13.3. The highest BCUT2D eigenvalue weighted by atomic mass is 13.9. The van der Waals surface area contributed by atoms with Crippen molar-refractivity contribution < 1.29 is 0 Å². The molecule has 0 aromatic rings. The minimum Gasteiger partial charge on any atom is -0.103 e. The number of rotatable bonds is 11. The Morgan fingerprint density at radius 2 is 1.47 bits per heavy atom. The van der Waals surface area contributed by atoms with Crippen LogP contribution in [0, 0.1) is 0 Å². The highest BCUT2D eigenvalue weighted by molar-refractivity contribution is 5.04. The molecule has 0 amide bonds. The molecule has 0 N–H and O–H groups in total. The first-order valence-electron chi connectivity index (χ1n) is 7.77. The van der Waals surface area contributed by atoms with Gasteiger partial charge in [-0.1, -0.05) is 48.5 Å². The Kier molecular flexibility index (Phi) is 12.7. The van der Waals surface area contributed by atoms with Crippen molar-refractivity contribution in [2.24, 2.45) is 0 Å². The average molecular weight is 260 g/mol. The van der Waals surface area contributed by atoms with Gasteiger partial charge in [0.15, 0.2) is 0 Å². The van der Waals surface area contributed by atoms with E-state index in [2.05, 4.69) is 51.7 Å². The molecule has 0 heterocycles. The van der Waals surface area contributed by atoms with Gasteiger partial charge in [0.25, 0.3) is 0 Å². The summed E-state index contributed by atoms with van der Waals surface area (Å²) in [5.74, 6) is 0. The minimum absolute atomic E-state index is 1.11. The first-order valence-corrected chi connectivity index (χ1v) is 7.77. The smallest absolute Gasteiger partial charge is 0.0142 e. The van der Waals surface area contributed by atoms with E-state index in [0.717, 1.165) is 12.8 Å². The molecule has 0 aliphatic carbocycles. The lowest BCUT2D eigenvalue weighted by Gasteiger charge is -1.97. The lowest BCUT2D eigenvalue weighted by atomic mass is 10.1. The molecule has 0 heteroatoms. The molecule has 0 rings (SSSR count). The van der Waals surface area contributed by atoms with Gasteiger partial charge < -0.3 is 0 Å². The van der Waals surface area contributed by atoms with E-state index in [0.29, 0.717) is 0 Å². The van der Waals surface area contributed by atoms with Gasteiger partial charge in [-0.15, -0.1) is 6.58 Å². The van der Waals surface area contributed by atoms with Crippen LogP contribution < -0.4 is 0 Å². The van der Waals surface area contributed by atoms with Gasteiger partial charge in [-0.2, -0.15) is 0 Å². The summed E-state index contributed by atoms with van der Waals surface area (Å²) in [5, 5.41) is 0. The Hall–Kier alpha value is -1.04. The first-order chi connectivity index (χ1) is 9.20. The molecular weight excluding hydrogens is 228 g/mol. The minimum atomic E-state index is 1.11. The largest absolute Gasteiger partial charge is 0.103 e. The molecule has 0 unspecified atom stereocenters. The van der Waals surface area contributed by atoms with Crippen molar-refractivity contribution in [3.8, 4) is 0 Å². The molecule has 0 nitrogen and oxygen atoms in total. The van der Waals surface area contributed by atoms with Crippen molar-refractivity contribution in [1.29, 1.82) is 0 Å². The van der Waals surface area contributed by atoms with Crippen LogP contribution in [-0.4, -0.2) is 0 Å². The Bertz CT molecular complexity index is 302. The quantitative estimate of drug-likeness (QED) is 0.284. The first kappa shape index (κ1) is 18.0. The van der Waals surface area contributed by atoms with E-state index < -0.39 is 0 Å². The highest BCUT2D eigenvalue weighted by Crippen LogP contribution is 2.08. The molecule has 19 heavy (non-hydrogen) atoms. The van der Waals surface area contributed by atoms with Gasteiger partial charge in [0, 0.05) is 0 Å². The fraction of sp³-hybridized carbons (Fsp3) is 0.579. The van der Waals surface area contributed by atoms with E-state index in [1.165, 1.54) is 49.7 Å². The third-order valence-electron chi connectivity index (χ3n) is 3.34. The lowest BCUT2D eigenvalue weighted by molar-refractivity contribution is 0.851. The van der Waals surface area contributed by atoms with E-state index in [1.807, 2.05) is 6.08 Å². The molecule has 0 aromatic carbocycles. The Morgan fingerprint density at radius 1 is 0.842 bits per heavy atom. The van der Waals surface area contributed by atoms with Crippen molar-refractivity contribution in [1.82, 2.24) is 0 Å². The Morgan fingerprint density at radius 3 is 2.11 bits per heavy atom. The number of unbranched alkanes of at least 4 members (excludes halogenated alkanes) is 4. The summed E-state index contributed by atoms with van der Waals surface area (Å²) in [6.07, 6.45) is 20.9. The van der Waals surface area contributed by atoms with Crippen LogP contribution in [-0.2, 0) is 0 Å². The van der Waals surface area contributed by atoms with Crippen LogP contribution >= 0.6 is 0 Å². The van der Waals surface area contributed by atoms with Gasteiger partial charge in [-0.05, 0) is 65.2 Å². The summed E-state index contributed by atoms with van der Waals surface area (Å²) in [5.41, 5.74) is 3.00. The summed E-state index contributed by atoms with van der Waals surface area (Å²) >= 11 is 0. The maximum Gasteiger partial charge on any atom is -0.0142 e. The van der Waals surface area contributed by atoms with Gasteiger partial charge in [0.1, 0.15) is 0 Å². The lowest BCUT2D eigenvalue weighted by Crippen LogP contribution is -1.77. The van der Waals surface area contributed by atoms with Gasteiger partial charge in [0.05, 0.1) is 0 Å². The number of hydrogen-bond acceptors (Lipinski definition) is 0. The van der Waals surface area contributed by atoms with E-state index in [4.69, 9.17) is 0 Å². The van der Waals surface area contributed by atoms with Crippen molar-refractivity contribution in [3.63, 3.8) is 0 Å². The summed E-state index contributed by atoms with van der Waals surface area (Å²) in [7, 11) is 0. The average Bonchev–Trinajstić information content (AvgIpc) is 2.42.